The number of hydrogen-bond acceptors (Lipinski definition) is 4. The molecule has 0 bridgehead atoms. The topological polar surface area (TPSA) is 71.5 Å². The van der Waals surface area contributed by atoms with Crippen molar-refractivity contribution in [2.24, 2.45) is 0 Å². The van der Waals surface area contributed by atoms with Crippen LogP contribution in [0.15, 0.2) is 18.5 Å². The second kappa shape index (κ2) is 6.07. The summed E-state index contributed by atoms with van der Waals surface area (Å²) in [5, 5.41) is 11.6. The number of likely N-dealkylation sites (N-methyl/N-ethyl adjacent to an activating group) is 1. The van der Waals surface area contributed by atoms with Gasteiger partial charge in [0.1, 0.15) is 11.8 Å². The highest BCUT2D eigenvalue weighted by molar-refractivity contribution is 5.73. The van der Waals surface area contributed by atoms with E-state index in [1.807, 2.05) is 6.07 Å². The van der Waals surface area contributed by atoms with E-state index < -0.39 is 12.0 Å². The molecular formula is C11H16N2O3. The number of nitrogens with one attached hydrogen (secondary N) is 1. The lowest BCUT2D eigenvalue weighted by atomic mass is 10.1. The van der Waals surface area contributed by atoms with Crippen LogP contribution in [-0.2, 0) is 11.2 Å². The summed E-state index contributed by atoms with van der Waals surface area (Å²) < 4.78 is 5.04. The molecule has 0 aliphatic carbocycles. The first kappa shape index (κ1) is 12.4. The van der Waals surface area contributed by atoms with Gasteiger partial charge in [-0.05, 0) is 31.5 Å². The third kappa shape index (κ3) is 3.51. The molecule has 2 N–H and O–H groups in total. The Hall–Kier alpha value is -1.62. The number of ether oxygens (including phenoxy) is 1. The van der Waals surface area contributed by atoms with Crippen molar-refractivity contribution in [2.75, 3.05) is 14.2 Å². The maximum Gasteiger partial charge on any atom is 0.320 e. The van der Waals surface area contributed by atoms with E-state index in [1.165, 1.54) is 0 Å². The Morgan fingerprint density at radius 3 is 2.94 bits per heavy atom. The van der Waals surface area contributed by atoms with Crippen molar-refractivity contribution >= 4 is 5.97 Å². The van der Waals surface area contributed by atoms with Gasteiger partial charge in [0.15, 0.2) is 0 Å². The Kier molecular flexibility index (Phi) is 4.72. The highest BCUT2D eigenvalue weighted by atomic mass is 16.5. The van der Waals surface area contributed by atoms with Crippen LogP contribution in [0.2, 0.25) is 0 Å². The van der Waals surface area contributed by atoms with Crippen LogP contribution in [0, 0.1) is 0 Å². The smallest absolute Gasteiger partial charge is 0.320 e. The second-order valence-corrected chi connectivity index (χ2v) is 3.45. The maximum atomic E-state index is 10.8. The molecule has 88 valence electrons. The number of carboxylic acids is 1. The number of hydrogen-bond donors (Lipinski definition) is 2. The van der Waals surface area contributed by atoms with Gasteiger partial charge >= 0.3 is 5.97 Å². The van der Waals surface area contributed by atoms with E-state index in [0.29, 0.717) is 18.6 Å². The van der Waals surface area contributed by atoms with Crippen molar-refractivity contribution in [3.8, 4) is 5.75 Å². The normalized spacial score (nSPS) is 12.1. The standard InChI is InChI=1S/C11H16N2O3/c1-12-10(11(14)15)4-3-8-5-9(16-2)7-13-6-8/h5-7,10,12H,3-4H2,1-2H3,(H,14,15). The van der Waals surface area contributed by atoms with E-state index in [1.54, 1.807) is 26.6 Å². The van der Waals surface area contributed by atoms with Crippen LogP contribution in [0.5, 0.6) is 5.75 Å². The Labute approximate surface area is 94.5 Å². The largest absolute Gasteiger partial charge is 0.495 e. The minimum absolute atomic E-state index is 0.522. The van der Waals surface area contributed by atoms with E-state index in [2.05, 4.69) is 10.3 Å². The van der Waals surface area contributed by atoms with Crippen molar-refractivity contribution < 1.29 is 14.6 Å². The predicted molar refractivity (Wildman–Crippen MR) is 59.6 cm³/mol. The molecule has 16 heavy (non-hydrogen) atoms. The summed E-state index contributed by atoms with van der Waals surface area (Å²) in [5.74, 6) is -0.146. The molecule has 5 heteroatoms. The molecule has 0 radical (unpaired) electrons. The zero-order valence-electron chi connectivity index (χ0n) is 9.43. The van der Waals surface area contributed by atoms with Gasteiger partial charge in [0.2, 0.25) is 0 Å². The molecule has 1 aromatic rings. The molecule has 0 aliphatic heterocycles. The quantitative estimate of drug-likeness (QED) is 0.744. The van der Waals surface area contributed by atoms with Gasteiger partial charge in [0, 0.05) is 6.20 Å². The fourth-order valence-corrected chi connectivity index (χ4v) is 1.41. The van der Waals surface area contributed by atoms with Crippen molar-refractivity contribution in [1.82, 2.24) is 10.3 Å². The zero-order valence-corrected chi connectivity index (χ0v) is 9.43. The summed E-state index contributed by atoms with van der Waals surface area (Å²) in [6.07, 6.45) is 4.52. The van der Waals surface area contributed by atoms with Crippen molar-refractivity contribution in [2.45, 2.75) is 18.9 Å². The second-order valence-electron chi connectivity index (χ2n) is 3.45. The number of nitrogens with zero attached hydrogens (tertiary/aromatic N) is 1. The number of rotatable bonds is 6. The molecule has 0 fully saturated rings. The van der Waals surface area contributed by atoms with Crippen LogP contribution in [0.3, 0.4) is 0 Å². The van der Waals surface area contributed by atoms with E-state index >= 15 is 0 Å². The van der Waals surface area contributed by atoms with E-state index in [9.17, 15) is 4.79 Å². The number of methoxy groups -OCH3 is 1. The van der Waals surface area contributed by atoms with Gasteiger partial charge < -0.3 is 15.2 Å². The molecule has 1 unspecified atom stereocenters. The SMILES string of the molecule is CNC(CCc1cncc(OC)c1)C(=O)O. The van der Waals surface area contributed by atoms with Crippen LogP contribution < -0.4 is 10.1 Å². The lowest BCUT2D eigenvalue weighted by Crippen LogP contribution is -2.34. The molecular weight excluding hydrogens is 208 g/mol. The molecule has 5 nitrogen and oxygen atoms in total. The molecule has 1 atom stereocenters. The van der Waals surface area contributed by atoms with E-state index in [-0.39, 0.29) is 0 Å². The first-order valence-electron chi connectivity index (χ1n) is 5.05. The average molecular weight is 224 g/mol. The Bertz CT molecular complexity index is 355. The van der Waals surface area contributed by atoms with Crippen LogP contribution in [0.25, 0.3) is 0 Å². The molecule has 0 aliphatic rings. The van der Waals surface area contributed by atoms with Crippen molar-refractivity contribution in [1.29, 1.82) is 0 Å². The zero-order chi connectivity index (χ0) is 12.0. The van der Waals surface area contributed by atoms with E-state index in [4.69, 9.17) is 9.84 Å². The number of carbonyl (C=O) groups is 1. The molecule has 1 rings (SSSR count). The summed E-state index contributed by atoms with van der Waals surface area (Å²) in [4.78, 5) is 14.8. The molecule has 1 heterocycles. The van der Waals surface area contributed by atoms with Gasteiger partial charge in [-0.25, -0.2) is 0 Å². The predicted octanol–water partition coefficient (Wildman–Crippen LogP) is 0.695. The lowest BCUT2D eigenvalue weighted by Gasteiger charge is -2.10. The Morgan fingerprint density at radius 1 is 1.62 bits per heavy atom. The highest BCUT2D eigenvalue weighted by Crippen LogP contribution is 2.12. The number of aromatic nitrogens is 1. The monoisotopic (exact) mass is 224 g/mol. The number of pyridine rings is 1. The van der Waals surface area contributed by atoms with Gasteiger partial charge in [-0.3, -0.25) is 9.78 Å². The number of aryl methyl sites for hydroxylation is 1. The van der Waals surface area contributed by atoms with Gasteiger partial charge in [-0.2, -0.15) is 0 Å². The van der Waals surface area contributed by atoms with E-state index in [0.717, 1.165) is 5.56 Å². The van der Waals surface area contributed by atoms with Gasteiger partial charge in [0.05, 0.1) is 13.3 Å². The molecule has 0 spiro atoms. The molecule has 0 amide bonds. The fraction of sp³-hybridized carbons (Fsp3) is 0.455. The van der Waals surface area contributed by atoms with Crippen LogP contribution in [-0.4, -0.2) is 36.3 Å². The fourth-order valence-electron chi connectivity index (χ4n) is 1.41. The van der Waals surface area contributed by atoms with Crippen LogP contribution >= 0.6 is 0 Å². The third-order valence-electron chi connectivity index (χ3n) is 2.37. The lowest BCUT2D eigenvalue weighted by molar-refractivity contribution is -0.139. The number of carboxylic acid groups (broad SMARTS) is 1. The van der Waals surface area contributed by atoms with Gasteiger partial charge in [0.25, 0.3) is 0 Å². The summed E-state index contributed by atoms with van der Waals surface area (Å²) in [7, 11) is 3.22. The maximum absolute atomic E-state index is 10.8. The van der Waals surface area contributed by atoms with Gasteiger partial charge in [-0.1, -0.05) is 0 Å². The molecule has 0 saturated carbocycles. The summed E-state index contributed by atoms with van der Waals surface area (Å²) in [6, 6.07) is 1.34. The summed E-state index contributed by atoms with van der Waals surface area (Å²) in [5.41, 5.74) is 0.973. The Balaban J connectivity index is 2.56. The van der Waals surface area contributed by atoms with Gasteiger partial charge in [-0.15, -0.1) is 0 Å². The molecule has 0 saturated heterocycles. The minimum Gasteiger partial charge on any atom is -0.495 e. The summed E-state index contributed by atoms with van der Waals surface area (Å²) >= 11 is 0. The molecule has 0 aromatic carbocycles. The van der Waals surface area contributed by atoms with Crippen LogP contribution in [0.1, 0.15) is 12.0 Å². The Morgan fingerprint density at radius 2 is 2.38 bits per heavy atom. The average Bonchev–Trinajstić information content (AvgIpc) is 2.29. The number of aliphatic carboxylic acids is 1. The van der Waals surface area contributed by atoms with Crippen molar-refractivity contribution in [3.05, 3.63) is 24.0 Å². The third-order valence-corrected chi connectivity index (χ3v) is 2.37. The first-order chi connectivity index (χ1) is 7.67. The minimum atomic E-state index is -0.835. The van der Waals surface area contributed by atoms with Crippen molar-refractivity contribution in [3.63, 3.8) is 0 Å². The molecule has 1 aromatic heterocycles. The summed E-state index contributed by atoms with van der Waals surface area (Å²) in [6.45, 7) is 0. The first-order valence-corrected chi connectivity index (χ1v) is 5.05. The van der Waals surface area contributed by atoms with Crippen LogP contribution in [0.4, 0.5) is 0 Å². The highest BCUT2D eigenvalue weighted by Gasteiger charge is 2.14.